The van der Waals surface area contributed by atoms with E-state index in [4.69, 9.17) is 0 Å². The number of nitrogens with one attached hydrogen (secondary N) is 1. The van der Waals surface area contributed by atoms with Gasteiger partial charge in [-0.15, -0.1) is 5.10 Å². The molecule has 12 heteroatoms. The fraction of sp³-hybridized carbons (Fsp3) is 0.200. The van der Waals surface area contributed by atoms with E-state index < -0.39 is 4.92 Å². The summed E-state index contributed by atoms with van der Waals surface area (Å²) in [5.74, 6) is -0.299. The molecule has 0 aliphatic rings. The molecule has 0 unspecified atom stereocenters. The molecule has 2 heterocycles. The van der Waals surface area contributed by atoms with Crippen LogP contribution < -0.4 is 16.6 Å². The summed E-state index contributed by atoms with van der Waals surface area (Å²) in [6.45, 7) is -0.142. The molecule has 0 saturated heterocycles. The summed E-state index contributed by atoms with van der Waals surface area (Å²) in [6, 6.07) is 5.29. The maximum absolute atomic E-state index is 12.4. The standard InChI is InChI=1S/C15H14BrN7O4/c1-20-13-12(22(16)8-17-13)14(25)21(2)15(20)19-18-7-11(24)9-3-5-10(6-4-9)23(26)27/h3-6,8,18H,7H2,1-2H3/b19-15-. The summed E-state index contributed by atoms with van der Waals surface area (Å²) in [4.78, 5) is 38.9. The Kier molecular flexibility index (Phi) is 4.90. The van der Waals surface area contributed by atoms with Crippen molar-refractivity contribution >= 4 is 38.8 Å². The van der Waals surface area contributed by atoms with Crippen molar-refractivity contribution in [3.05, 3.63) is 62.2 Å². The Balaban J connectivity index is 1.85. The zero-order valence-corrected chi connectivity index (χ0v) is 15.9. The van der Waals surface area contributed by atoms with E-state index in [0.717, 1.165) is 0 Å². The number of carbonyl (C=O) groups is 1. The van der Waals surface area contributed by atoms with Gasteiger partial charge < -0.3 is 0 Å². The SMILES string of the molecule is Cn1c(=O)c2c(ncn2Br)n(C)/c1=N/NCC(=O)c1ccc([N+](=O)[O-])cc1. The van der Waals surface area contributed by atoms with Crippen molar-refractivity contribution < 1.29 is 9.72 Å². The highest BCUT2D eigenvalue weighted by molar-refractivity contribution is 9.08. The number of hydrogen-bond donors (Lipinski definition) is 1. The zero-order valence-electron chi connectivity index (χ0n) is 14.3. The lowest BCUT2D eigenvalue weighted by atomic mass is 10.1. The van der Waals surface area contributed by atoms with Crippen molar-refractivity contribution in [1.82, 2.24) is 23.1 Å². The van der Waals surface area contributed by atoms with Gasteiger partial charge in [0.05, 0.1) is 27.6 Å². The molecule has 0 saturated carbocycles. The van der Waals surface area contributed by atoms with E-state index in [-0.39, 0.29) is 29.2 Å². The van der Waals surface area contributed by atoms with Crippen LogP contribution >= 0.6 is 16.1 Å². The maximum Gasteiger partial charge on any atom is 0.281 e. The minimum atomic E-state index is -0.535. The van der Waals surface area contributed by atoms with Gasteiger partial charge in [-0.1, -0.05) is 0 Å². The van der Waals surface area contributed by atoms with Gasteiger partial charge in [-0.3, -0.25) is 37.9 Å². The number of non-ortho nitro benzene ring substituents is 1. The lowest BCUT2D eigenvalue weighted by Gasteiger charge is -2.07. The lowest BCUT2D eigenvalue weighted by molar-refractivity contribution is -0.384. The second-order valence-corrected chi connectivity index (χ2v) is 6.39. The van der Waals surface area contributed by atoms with Gasteiger partial charge in [0.1, 0.15) is 6.33 Å². The summed E-state index contributed by atoms with van der Waals surface area (Å²) >= 11 is 3.22. The number of carbonyl (C=O) groups excluding carboxylic acids is 1. The molecule has 1 N–H and O–H groups in total. The van der Waals surface area contributed by atoms with E-state index in [2.05, 4.69) is 31.7 Å². The fourth-order valence-electron chi connectivity index (χ4n) is 2.52. The van der Waals surface area contributed by atoms with Crippen molar-refractivity contribution in [2.75, 3.05) is 6.54 Å². The summed E-state index contributed by atoms with van der Waals surface area (Å²) in [5.41, 5.74) is 3.61. The Morgan fingerprint density at radius 1 is 1.30 bits per heavy atom. The average molecular weight is 436 g/mol. The van der Waals surface area contributed by atoms with E-state index in [0.29, 0.717) is 16.7 Å². The molecule has 0 atom stereocenters. The molecule has 0 fully saturated rings. The predicted molar refractivity (Wildman–Crippen MR) is 99.3 cm³/mol. The number of nitro groups is 1. The zero-order chi connectivity index (χ0) is 19.7. The third-order valence-electron chi connectivity index (χ3n) is 3.95. The Bertz CT molecular complexity index is 1170. The molecule has 1 aromatic carbocycles. The third-order valence-corrected chi connectivity index (χ3v) is 4.49. The summed E-state index contributed by atoms with van der Waals surface area (Å²) in [5, 5.41) is 14.8. The van der Waals surface area contributed by atoms with E-state index in [1.54, 1.807) is 18.7 Å². The van der Waals surface area contributed by atoms with Crippen LogP contribution in [0.15, 0.2) is 40.5 Å². The van der Waals surface area contributed by atoms with Crippen LogP contribution in [0.25, 0.3) is 11.2 Å². The fourth-order valence-corrected chi connectivity index (χ4v) is 2.93. The number of nitro benzene ring substituents is 1. The predicted octanol–water partition coefficient (Wildman–Crippen LogP) is 0.428. The summed E-state index contributed by atoms with van der Waals surface area (Å²) in [7, 11) is 3.25. The summed E-state index contributed by atoms with van der Waals surface area (Å²) < 4.78 is 4.38. The average Bonchev–Trinajstić information content (AvgIpc) is 3.04. The van der Waals surface area contributed by atoms with Crippen LogP contribution in [0.1, 0.15) is 10.4 Å². The molecular formula is C15H14BrN7O4. The van der Waals surface area contributed by atoms with Gasteiger partial charge in [-0.2, -0.15) is 0 Å². The van der Waals surface area contributed by atoms with Gasteiger partial charge in [0.2, 0.25) is 5.62 Å². The molecule has 0 bridgehead atoms. The third kappa shape index (κ3) is 3.38. The van der Waals surface area contributed by atoms with Crippen LogP contribution in [0, 0.1) is 10.1 Å². The lowest BCUT2D eigenvalue weighted by Crippen LogP contribution is -2.40. The molecule has 0 radical (unpaired) electrons. The van der Waals surface area contributed by atoms with E-state index in [1.165, 1.54) is 38.8 Å². The number of halogens is 1. The van der Waals surface area contributed by atoms with Gasteiger partial charge in [-0.25, -0.2) is 4.98 Å². The molecule has 0 amide bonds. The largest absolute Gasteiger partial charge is 0.299 e. The smallest absolute Gasteiger partial charge is 0.281 e. The Morgan fingerprint density at radius 2 is 1.96 bits per heavy atom. The van der Waals surface area contributed by atoms with Crippen LogP contribution in [0.4, 0.5) is 5.69 Å². The van der Waals surface area contributed by atoms with E-state index >= 15 is 0 Å². The topological polar surface area (TPSA) is 129 Å². The molecule has 0 aliphatic heterocycles. The number of fused-ring (bicyclic) bond motifs is 1. The Hall–Kier alpha value is -3.28. The normalized spacial score (nSPS) is 11.7. The molecule has 0 aliphatic carbocycles. The van der Waals surface area contributed by atoms with Crippen LogP contribution in [-0.4, -0.2) is 35.0 Å². The first-order chi connectivity index (χ1) is 12.8. The second-order valence-electron chi connectivity index (χ2n) is 5.63. The highest BCUT2D eigenvalue weighted by Gasteiger charge is 2.13. The number of hydrogen-bond acceptors (Lipinski definition) is 7. The molecule has 3 rings (SSSR count). The van der Waals surface area contributed by atoms with Crippen molar-refractivity contribution in [3.63, 3.8) is 0 Å². The number of benzene rings is 1. The van der Waals surface area contributed by atoms with E-state index in [1.807, 2.05) is 0 Å². The minimum absolute atomic E-state index is 0.0919. The van der Waals surface area contributed by atoms with Gasteiger partial charge in [0.15, 0.2) is 16.9 Å². The molecule has 3 aromatic rings. The number of rotatable bonds is 5. The van der Waals surface area contributed by atoms with Crippen LogP contribution in [0.5, 0.6) is 0 Å². The van der Waals surface area contributed by atoms with Gasteiger partial charge in [0.25, 0.3) is 11.2 Å². The van der Waals surface area contributed by atoms with Gasteiger partial charge >= 0.3 is 0 Å². The highest BCUT2D eigenvalue weighted by atomic mass is 79.9. The molecule has 140 valence electrons. The number of aryl methyl sites for hydroxylation is 1. The molecule has 11 nitrogen and oxygen atoms in total. The first-order valence-electron chi connectivity index (χ1n) is 7.64. The van der Waals surface area contributed by atoms with Gasteiger partial charge in [-0.05, 0) is 12.1 Å². The van der Waals surface area contributed by atoms with Crippen molar-refractivity contribution in [2.45, 2.75) is 0 Å². The first kappa shape index (κ1) is 18.5. The number of imidazole rings is 1. The molecule has 0 spiro atoms. The first-order valence-corrected chi connectivity index (χ1v) is 8.35. The van der Waals surface area contributed by atoms with Crippen molar-refractivity contribution in [1.29, 1.82) is 0 Å². The molecule has 2 aromatic heterocycles. The number of Topliss-reactive ketones (excluding diaryl/α,β-unsaturated/α-hetero) is 1. The number of aromatic nitrogens is 4. The summed E-state index contributed by atoms with van der Waals surface area (Å²) in [6.07, 6.45) is 1.46. The van der Waals surface area contributed by atoms with Crippen LogP contribution in [-0.2, 0) is 14.1 Å². The monoisotopic (exact) mass is 435 g/mol. The quantitative estimate of drug-likeness (QED) is 0.351. The minimum Gasteiger partial charge on any atom is -0.299 e. The number of nitrogens with zero attached hydrogens (tertiary/aromatic N) is 6. The van der Waals surface area contributed by atoms with Crippen molar-refractivity contribution in [2.24, 2.45) is 19.2 Å². The maximum atomic E-state index is 12.4. The number of ketones is 1. The van der Waals surface area contributed by atoms with E-state index in [9.17, 15) is 19.7 Å². The Labute approximate surface area is 160 Å². The van der Waals surface area contributed by atoms with Crippen LogP contribution in [0.3, 0.4) is 0 Å². The van der Waals surface area contributed by atoms with Crippen LogP contribution in [0.2, 0.25) is 0 Å². The van der Waals surface area contributed by atoms with Gasteiger partial charge in [0, 0.05) is 31.8 Å². The van der Waals surface area contributed by atoms with Crippen molar-refractivity contribution in [3.8, 4) is 0 Å². The highest BCUT2D eigenvalue weighted by Crippen LogP contribution is 2.12. The molecule has 27 heavy (non-hydrogen) atoms. The molecular weight excluding hydrogens is 422 g/mol. The Morgan fingerprint density at radius 3 is 2.59 bits per heavy atom. The second kappa shape index (κ2) is 7.15.